The van der Waals surface area contributed by atoms with Crippen molar-refractivity contribution in [2.24, 2.45) is 0 Å². The highest BCUT2D eigenvalue weighted by Gasteiger charge is 2.07. The van der Waals surface area contributed by atoms with Gasteiger partial charge in [-0.1, -0.05) is 29.8 Å². The number of hydrogen-bond acceptors (Lipinski definition) is 3. The minimum atomic E-state index is -0.318. The fraction of sp³-hybridized carbons (Fsp3) is 0.235. The number of para-hydroxylation sites is 2. The van der Waals surface area contributed by atoms with Crippen molar-refractivity contribution in [1.29, 1.82) is 0 Å². The summed E-state index contributed by atoms with van der Waals surface area (Å²) in [6.07, 6.45) is 0. The summed E-state index contributed by atoms with van der Waals surface area (Å²) in [6, 6.07) is 13.4. The van der Waals surface area contributed by atoms with Crippen molar-refractivity contribution in [3.05, 3.63) is 69.2 Å². The van der Waals surface area contributed by atoms with Crippen LogP contribution in [0, 0.1) is 6.92 Å². The van der Waals surface area contributed by atoms with Crippen LogP contribution in [0.15, 0.2) is 51.7 Å². The standard InChI is InChI=1S/C17H17ClN2O2/c1-12-8-13(10-14(18)9-12)11-19-6-7-20-15-4-2-3-5-16(15)22-17(20)21/h2-5,8-10,19H,6-7,11H2,1H3. The average molecular weight is 317 g/mol. The molecule has 0 spiro atoms. The van der Waals surface area contributed by atoms with Gasteiger partial charge in [-0.3, -0.25) is 4.57 Å². The molecule has 0 atom stereocenters. The molecule has 0 radical (unpaired) electrons. The van der Waals surface area contributed by atoms with Crippen LogP contribution in [-0.4, -0.2) is 11.1 Å². The summed E-state index contributed by atoms with van der Waals surface area (Å²) in [5.41, 5.74) is 3.72. The second-order valence-electron chi connectivity index (χ2n) is 5.30. The molecule has 0 saturated heterocycles. The Hall–Kier alpha value is -2.04. The van der Waals surface area contributed by atoms with Gasteiger partial charge in [-0.05, 0) is 42.3 Å². The highest BCUT2D eigenvalue weighted by Crippen LogP contribution is 2.14. The molecule has 4 nitrogen and oxygen atoms in total. The first-order valence-electron chi connectivity index (χ1n) is 7.18. The Bertz CT molecular complexity index is 831. The van der Waals surface area contributed by atoms with Gasteiger partial charge in [-0.15, -0.1) is 0 Å². The molecule has 22 heavy (non-hydrogen) atoms. The van der Waals surface area contributed by atoms with Gasteiger partial charge in [0.1, 0.15) is 0 Å². The van der Waals surface area contributed by atoms with Gasteiger partial charge in [0, 0.05) is 24.7 Å². The van der Waals surface area contributed by atoms with E-state index in [9.17, 15) is 4.79 Å². The fourth-order valence-corrected chi connectivity index (χ4v) is 2.88. The third-order valence-corrected chi connectivity index (χ3v) is 3.74. The molecule has 3 aromatic rings. The van der Waals surface area contributed by atoms with Crippen LogP contribution in [0.5, 0.6) is 0 Å². The van der Waals surface area contributed by atoms with Gasteiger partial charge in [-0.25, -0.2) is 4.79 Å². The minimum absolute atomic E-state index is 0.318. The lowest BCUT2D eigenvalue weighted by atomic mass is 10.1. The quantitative estimate of drug-likeness (QED) is 0.734. The van der Waals surface area contributed by atoms with Crippen LogP contribution in [-0.2, 0) is 13.1 Å². The topological polar surface area (TPSA) is 47.2 Å². The highest BCUT2D eigenvalue weighted by molar-refractivity contribution is 6.30. The van der Waals surface area contributed by atoms with E-state index in [-0.39, 0.29) is 5.76 Å². The molecule has 0 bridgehead atoms. The molecular formula is C17H17ClN2O2. The summed E-state index contributed by atoms with van der Waals surface area (Å²) in [6.45, 7) is 3.98. The Morgan fingerprint density at radius 2 is 2.05 bits per heavy atom. The predicted octanol–water partition coefficient (Wildman–Crippen LogP) is 3.35. The number of halogens is 1. The maximum absolute atomic E-state index is 11.8. The zero-order valence-corrected chi connectivity index (χ0v) is 13.1. The van der Waals surface area contributed by atoms with Gasteiger partial charge in [-0.2, -0.15) is 0 Å². The van der Waals surface area contributed by atoms with Crippen molar-refractivity contribution in [3.8, 4) is 0 Å². The number of rotatable bonds is 5. The third-order valence-electron chi connectivity index (χ3n) is 3.52. The van der Waals surface area contributed by atoms with Crippen LogP contribution in [0.2, 0.25) is 5.02 Å². The Morgan fingerprint density at radius 3 is 2.86 bits per heavy atom. The number of aryl methyl sites for hydroxylation is 1. The molecule has 0 aliphatic carbocycles. The lowest BCUT2D eigenvalue weighted by Crippen LogP contribution is -2.24. The van der Waals surface area contributed by atoms with Gasteiger partial charge in [0.25, 0.3) is 0 Å². The summed E-state index contributed by atoms with van der Waals surface area (Å²) < 4.78 is 6.85. The summed E-state index contributed by atoms with van der Waals surface area (Å²) in [7, 11) is 0. The Kier molecular flexibility index (Phi) is 4.32. The molecule has 114 valence electrons. The number of fused-ring (bicyclic) bond motifs is 1. The van der Waals surface area contributed by atoms with Gasteiger partial charge >= 0.3 is 5.76 Å². The molecule has 0 amide bonds. The van der Waals surface area contributed by atoms with E-state index < -0.39 is 0 Å². The fourth-order valence-electron chi connectivity index (χ4n) is 2.56. The largest absolute Gasteiger partial charge is 0.419 e. The van der Waals surface area contributed by atoms with E-state index in [0.717, 1.165) is 21.7 Å². The normalized spacial score (nSPS) is 11.2. The maximum Gasteiger partial charge on any atom is 0.419 e. The number of nitrogens with one attached hydrogen (secondary N) is 1. The SMILES string of the molecule is Cc1cc(Cl)cc(CNCCn2c(=O)oc3ccccc32)c1. The molecule has 0 saturated carbocycles. The zero-order chi connectivity index (χ0) is 15.5. The summed E-state index contributed by atoms with van der Waals surface area (Å²) in [4.78, 5) is 11.8. The monoisotopic (exact) mass is 316 g/mol. The van der Waals surface area contributed by atoms with Crippen molar-refractivity contribution in [2.45, 2.75) is 20.0 Å². The number of oxazole rings is 1. The molecule has 1 aromatic heterocycles. The Labute approximate surface area is 133 Å². The van der Waals surface area contributed by atoms with Gasteiger partial charge < -0.3 is 9.73 Å². The first-order chi connectivity index (χ1) is 10.6. The zero-order valence-electron chi connectivity index (χ0n) is 12.3. The molecule has 0 aliphatic rings. The molecule has 3 rings (SSSR count). The summed E-state index contributed by atoms with van der Waals surface area (Å²) >= 11 is 6.04. The lowest BCUT2D eigenvalue weighted by molar-refractivity contribution is 0.494. The van der Waals surface area contributed by atoms with Crippen molar-refractivity contribution in [3.63, 3.8) is 0 Å². The third kappa shape index (κ3) is 3.24. The Balaban J connectivity index is 1.63. The van der Waals surface area contributed by atoms with Crippen LogP contribution < -0.4 is 11.1 Å². The summed E-state index contributed by atoms with van der Waals surface area (Å²) in [5.74, 6) is -0.318. The molecule has 0 unspecified atom stereocenters. The predicted molar refractivity (Wildman–Crippen MR) is 88.4 cm³/mol. The van der Waals surface area contributed by atoms with E-state index in [2.05, 4.69) is 11.4 Å². The second-order valence-corrected chi connectivity index (χ2v) is 5.74. The smallest absolute Gasteiger partial charge is 0.408 e. The van der Waals surface area contributed by atoms with Crippen LogP contribution >= 0.6 is 11.6 Å². The van der Waals surface area contributed by atoms with Gasteiger partial charge in [0.15, 0.2) is 5.58 Å². The van der Waals surface area contributed by atoms with E-state index in [4.69, 9.17) is 16.0 Å². The first kappa shape index (κ1) is 14.9. The molecule has 2 aromatic carbocycles. The van der Waals surface area contributed by atoms with Crippen molar-refractivity contribution in [1.82, 2.24) is 9.88 Å². The molecule has 0 fully saturated rings. The molecular weight excluding hydrogens is 300 g/mol. The van der Waals surface area contributed by atoms with Gasteiger partial charge in [0.05, 0.1) is 5.52 Å². The molecule has 5 heteroatoms. The number of benzene rings is 2. The van der Waals surface area contributed by atoms with E-state index in [1.54, 1.807) is 10.6 Å². The van der Waals surface area contributed by atoms with Crippen LogP contribution in [0.3, 0.4) is 0 Å². The highest BCUT2D eigenvalue weighted by atomic mass is 35.5. The molecule has 0 aliphatic heterocycles. The Morgan fingerprint density at radius 1 is 1.23 bits per heavy atom. The lowest BCUT2D eigenvalue weighted by Gasteiger charge is -2.07. The van der Waals surface area contributed by atoms with Gasteiger partial charge in [0.2, 0.25) is 0 Å². The number of hydrogen-bond donors (Lipinski definition) is 1. The molecule has 1 N–H and O–H groups in total. The van der Waals surface area contributed by atoms with Crippen molar-refractivity contribution >= 4 is 22.7 Å². The molecule has 1 heterocycles. The second kappa shape index (κ2) is 6.38. The van der Waals surface area contributed by atoms with E-state index in [1.807, 2.05) is 37.3 Å². The summed E-state index contributed by atoms with van der Waals surface area (Å²) in [5, 5.41) is 4.07. The van der Waals surface area contributed by atoms with E-state index in [0.29, 0.717) is 25.2 Å². The van der Waals surface area contributed by atoms with Crippen LogP contribution in [0.4, 0.5) is 0 Å². The van der Waals surface area contributed by atoms with E-state index in [1.165, 1.54) is 0 Å². The number of aromatic nitrogens is 1. The maximum atomic E-state index is 11.8. The number of nitrogens with zero attached hydrogens (tertiary/aromatic N) is 1. The van der Waals surface area contributed by atoms with Crippen LogP contribution in [0.1, 0.15) is 11.1 Å². The first-order valence-corrected chi connectivity index (χ1v) is 7.56. The van der Waals surface area contributed by atoms with Crippen molar-refractivity contribution in [2.75, 3.05) is 6.54 Å². The van der Waals surface area contributed by atoms with Crippen molar-refractivity contribution < 1.29 is 4.42 Å². The van der Waals surface area contributed by atoms with E-state index >= 15 is 0 Å². The average Bonchev–Trinajstić information content (AvgIpc) is 2.78. The van der Waals surface area contributed by atoms with Crippen LogP contribution in [0.25, 0.3) is 11.1 Å². The minimum Gasteiger partial charge on any atom is -0.408 e.